The Kier molecular flexibility index (Phi) is 6.92. The number of ether oxygens (including phenoxy) is 2. The zero-order valence-electron chi connectivity index (χ0n) is 23.5. The molecule has 0 aliphatic carbocycles. The van der Waals surface area contributed by atoms with Crippen molar-refractivity contribution < 1.29 is 28.4 Å². The van der Waals surface area contributed by atoms with E-state index in [1.54, 1.807) is 28.6 Å². The van der Waals surface area contributed by atoms with Gasteiger partial charge in [-0.2, -0.15) is 5.10 Å². The molecule has 6 heterocycles. The van der Waals surface area contributed by atoms with Crippen LogP contribution in [0.1, 0.15) is 45.5 Å². The second kappa shape index (κ2) is 10.6. The van der Waals surface area contributed by atoms with Crippen molar-refractivity contribution >= 4 is 17.7 Å². The fourth-order valence-electron chi connectivity index (χ4n) is 6.04. The first kappa shape index (κ1) is 26.9. The fraction of sp³-hybridized carbons (Fsp3) is 0.483. The highest BCUT2D eigenvalue weighted by molar-refractivity contribution is 5.93. The first-order chi connectivity index (χ1) is 19.7. The minimum Gasteiger partial charge on any atom is -0.490 e. The molecule has 1 spiro atoms. The summed E-state index contributed by atoms with van der Waals surface area (Å²) in [5, 5.41) is 11.3. The van der Waals surface area contributed by atoms with Gasteiger partial charge in [0.05, 0.1) is 31.9 Å². The number of nitrogens with zero attached hydrogens (tertiary/aromatic N) is 5. The van der Waals surface area contributed by atoms with Gasteiger partial charge in [-0.15, -0.1) is 0 Å². The van der Waals surface area contributed by atoms with Gasteiger partial charge in [0.2, 0.25) is 11.8 Å². The Morgan fingerprint density at radius 1 is 1.17 bits per heavy atom. The van der Waals surface area contributed by atoms with E-state index in [1.165, 1.54) is 4.90 Å². The molecule has 7 rings (SSSR count). The van der Waals surface area contributed by atoms with Crippen LogP contribution in [-0.4, -0.2) is 88.4 Å². The molecule has 3 amide bonds. The lowest BCUT2D eigenvalue weighted by molar-refractivity contribution is -0.136. The second-order valence-electron chi connectivity index (χ2n) is 11.3. The van der Waals surface area contributed by atoms with Crippen molar-refractivity contribution in [3.63, 3.8) is 0 Å². The molecule has 1 fully saturated rings. The van der Waals surface area contributed by atoms with E-state index in [2.05, 4.69) is 15.6 Å². The molecule has 41 heavy (non-hydrogen) atoms. The summed E-state index contributed by atoms with van der Waals surface area (Å²) >= 11 is 0. The molecule has 4 aliphatic rings. The van der Waals surface area contributed by atoms with Crippen molar-refractivity contribution in [1.29, 1.82) is 0 Å². The van der Waals surface area contributed by atoms with Gasteiger partial charge in [-0.1, -0.05) is 17.3 Å². The highest BCUT2D eigenvalue weighted by atomic mass is 16.5. The number of amides is 3. The molecule has 2 aromatic heterocycles. The van der Waals surface area contributed by atoms with Crippen molar-refractivity contribution in [2.75, 3.05) is 45.9 Å². The first-order valence-corrected chi connectivity index (χ1v) is 13.9. The van der Waals surface area contributed by atoms with Crippen LogP contribution in [0.4, 0.5) is 0 Å². The number of hydrogen-bond donors (Lipinski definition) is 1. The molecule has 0 radical (unpaired) electrons. The number of likely N-dealkylation sites (tertiary alicyclic amines) is 1. The molecule has 1 N–H and O–H groups in total. The molecular weight excluding hydrogens is 528 g/mol. The van der Waals surface area contributed by atoms with E-state index < -0.39 is 5.41 Å². The molecule has 12 heteroatoms. The maximum absolute atomic E-state index is 13.5. The van der Waals surface area contributed by atoms with E-state index >= 15 is 0 Å². The van der Waals surface area contributed by atoms with Gasteiger partial charge in [0.15, 0.2) is 17.2 Å². The maximum atomic E-state index is 13.5. The number of carbonyl (C=O) groups is 3. The Bertz CT molecular complexity index is 1480. The number of aryl methyl sites for hydroxylation is 3. The van der Waals surface area contributed by atoms with Crippen LogP contribution in [0, 0.1) is 19.3 Å². The first-order valence-electron chi connectivity index (χ1n) is 13.9. The second-order valence-corrected chi connectivity index (χ2v) is 11.3. The van der Waals surface area contributed by atoms with E-state index in [9.17, 15) is 14.4 Å². The lowest BCUT2D eigenvalue weighted by Gasteiger charge is -2.40. The van der Waals surface area contributed by atoms with Crippen molar-refractivity contribution in [3.05, 3.63) is 58.7 Å². The van der Waals surface area contributed by atoms with E-state index in [1.807, 2.05) is 32.2 Å². The highest BCUT2D eigenvalue weighted by Gasteiger charge is 2.53. The van der Waals surface area contributed by atoms with E-state index in [0.29, 0.717) is 67.9 Å². The van der Waals surface area contributed by atoms with Crippen LogP contribution in [0.15, 0.2) is 34.9 Å². The van der Waals surface area contributed by atoms with E-state index in [4.69, 9.17) is 14.0 Å². The zero-order chi connectivity index (χ0) is 28.7. The van der Waals surface area contributed by atoms with Crippen LogP contribution in [-0.2, 0) is 23.1 Å². The SMILES string of the molecule is Cc1cc(CC(=O)N2CCCOc3cccc4c3OC[C@@]3(CNC(=O)C2)CN(C(=O)c2cc(C)n(C)n2)C[C@@H]43)on1. The number of para-hydroxylation sites is 1. The number of benzene rings is 1. The van der Waals surface area contributed by atoms with Gasteiger partial charge in [-0.3, -0.25) is 19.1 Å². The molecule has 4 bridgehead atoms. The number of carbonyl (C=O) groups excluding carboxylic acids is 3. The number of nitrogens with one attached hydrogen (secondary N) is 1. The average molecular weight is 563 g/mol. The zero-order valence-corrected chi connectivity index (χ0v) is 23.5. The molecule has 1 aromatic carbocycles. The molecular formula is C29H34N6O6. The maximum Gasteiger partial charge on any atom is 0.274 e. The Hall–Kier alpha value is -4.35. The summed E-state index contributed by atoms with van der Waals surface area (Å²) < 4.78 is 19.4. The Labute approximate surface area is 237 Å². The summed E-state index contributed by atoms with van der Waals surface area (Å²) in [5.41, 5.74) is 2.38. The summed E-state index contributed by atoms with van der Waals surface area (Å²) in [4.78, 5) is 43.2. The largest absolute Gasteiger partial charge is 0.490 e. The molecule has 1 saturated heterocycles. The third-order valence-corrected chi connectivity index (χ3v) is 8.31. The summed E-state index contributed by atoms with van der Waals surface area (Å²) in [7, 11) is 1.81. The third-order valence-electron chi connectivity index (χ3n) is 8.31. The van der Waals surface area contributed by atoms with Crippen LogP contribution in [0.3, 0.4) is 0 Å². The van der Waals surface area contributed by atoms with E-state index in [0.717, 1.165) is 11.3 Å². The molecule has 12 nitrogen and oxygen atoms in total. The van der Waals surface area contributed by atoms with Crippen LogP contribution in [0.2, 0.25) is 0 Å². The summed E-state index contributed by atoms with van der Waals surface area (Å²) in [6, 6.07) is 9.33. The number of fused-ring (bicyclic) bond motifs is 9. The highest BCUT2D eigenvalue weighted by Crippen LogP contribution is 2.52. The van der Waals surface area contributed by atoms with Crippen molar-refractivity contribution in [2.45, 2.75) is 32.6 Å². The van der Waals surface area contributed by atoms with Gasteiger partial charge in [0.25, 0.3) is 5.91 Å². The van der Waals surface area contributed by atoms with Crippen molar-refractivity contribution in [3.8, 4) is 11.5 Å². The predicted molar refractivity (Wildman–Crippen MR) is 146 cm³/mol. The number of hydrogen-bond acceptors (Lipinski definition) is 8. The van der Waals surface area contributed by atoms with Gasteiger partial charge in [-0.25, -0.2) is 0 Å². The monoisotopic (exact) mass is 562 g/mol. The molecule has 216 valence electrons. The normalized spacial score (nSPS) is 22.4. The number of aromatic nitrogens is 3. The molecule has 0 unspecified atom stereocenters. The molecule has 3 aromatic rings. The van der Waals surface area contributed by atoms with Crippen LogP contribution in [0.25, 0.3) is 0 Å². The lowest BCUT2D eigenvalue weighted by Crippen LogP contribution is -2.50. The number of rotatable bonds is 3. The van der Waals surface area contributed by atoms with Gasteiger partial charge >= 0.3 is 0 Å². The van der Waals surface area contributed by atoms with Gasteiger partial charge in [0, 0.05) is 61.9 Å². The predicted octanol–water partition coefficient (Wildman–Crippen LogP) is 1.61. The van der Waals surface area contributed by atoms with Crippen molar-refractivity contribution in [2.24, 2.45) is 12.5 Å². The van der Waals surface area contributed by atoms with Gasteiger partial charge < -0.3 is 29.1 Å². The summed E-state index contributed by atoms with van der Waals surface area (Å²) in [5.74, 6) is 1.03. The minimum atomic E-state index is -0.558. The van der Waals surface area contributed by atoms with Crippen molar-refractivity contribution in [1.82, 2.24) is 30.1 Å². The smallest absolute Gasteiger partial charge is 0.274 e. The lowest BCUT2D eigenvalue weighted by atomic mass is 9.73. The molecule has 2 atom stereocenters. The quantitative estimate of drug-likeness (QED) is 0.509. The van der Waals surface area contributed by atoms with Crippen LogP contribution < -0.4 is 14.8 Å². The Morgan fingerprint density at radius 2 is 2.02 bits per heavy atom. The third kappa shape index (κ3) is 5.14. The van der Waals surface area contributed by atoms with E-state index in [-0.39, 0.29) is 43.1 Å². The topological polar surface area (TPSA) is 132 Å². The van der Waals surface area contributed by atoms with Gasteiger partial charge in [0.1, 0.15) is 5.76 Å². The Morgan fingerprint density at radius 3 is 2.78 bits per heavy atom. The van der Waals surface area contributed by atoms with Crippen LogP contribution in [0.5, 0.6) is 11.5 Å². The van der Waals surface area contributed by atoms with Crippen LogP contribution >= 0.6 is 0 Å². The molecule has 4 aliphatic heterocycles. The average Bonchev–Trinajstić information content (AvgIpc) is 3.65. The van der Waals surface area contributed by atoms with Gasteiger partial charge in [-0.05, 0) is 32.4 Å². The fourth-order valence-corrected chi connectivity index (χ4v) is 6.04. The molecule has 0 saturated carbocycles. The summed E-state index contributed by atoms with van der Waals surface area (Å²) in [6.45, 7) is 5.73. The summed E-state index contributed by atoms with van der Waals surface area (Å²) in [6.07, 6.45) is 0.544. The Balaban J connectivity index is 1.27. The standard InChI is InChI=1S/C29H34N6O6/c1-18-10-20(41-32-18)12-26(37)34-8-5-9-39-24-7-4-6-21-22-13-35(28(38)23-11-19(2)33(3)31-23)16-29(22,17-40-27(21)24)15-30-25(36)14-34/h4,6-7,10-11,22H,5,8-9,12-17H2,1-3H3,(H,30,36)/t22-,29+/m0/s1. The minimum absolute atomic E-state index is 0.0189.